The number of morpholine rings is 1. The maximum Gasteiger partial charge on any atom is 0.414 e. The van der Waals surface area contributed by atoms with Crippen LogP contribution in [-0.2, 0) is 14.3 Å². The van der Waals surface area contributed by atoms with Gasteiger partial charge in [0, 0.05) is 31.0 Å². The van der Waals surface area contributed by atoms with Gasteiger partial charge in [0.15, 0.2) is 6.29 Å². The number of benzene rings is 1. The predicted octanol–water partition coefficient (Wildman–Crippen LogP) is 1.61. The van der Waals surface area contributed by atoms with Gasteiger partial charge in [-0.1, -0.05) is 0 Å². The summed E-state index contributed by atoms with van der Waals surface area (Å²) in [5.41, 5.74) is 6.86. The Morgan fingerprint density at radius 3 is 2.71 bits per heavy atom. The third-order valence-corrected chi connectivity index (χ3v) is 5.48. The zero-order valence-electron chi connectivity index (χ0n) is 17.3. The van der Waals surface area contributed by atoms with Crippen molar-refractivity contribution in [1.29, 1.82) is 0 Å². The minimum absolute atomic E-state index is 0.0701. The minimum Gasteiger partial charge on any atom is -0.494 e. The molecule has 0 bridgehead atoms. The molecule has 2 N–H and O–H groups in total. The van der Waals surface area contributed by atoms with Crippen LogP contribution in [-0.4, -0.2) is 69.3 Å². The number of nitrogens with two attached hydrogens (primary N) is 1. The summed E-state index contributed by atoms with van der Waals surface area (Å²) in [4.78, 5) is 41.6. The van der Waals surface area contributed by atoms with Gasteiger partial charge in [0.1, 0.15) is 18.5 Å². The van der Waals surface area contributed by atoms with Crippen LogP contribution in [0.2, 0.25) is 0 Å². The highest BCUT2D eigenvalue weighted by Gasteiger charge is 2.33. The molecule has 0 aliphatic carbocycles. The topological polar surface area (TPSA) is 124 Å². The molecule has 11 heteroatoms. The number of amides is 2. The Bertz CT molecular complexity index is 950. The van der Waals surface area contributed by atoms with Crippen LogP contribution in [0.1, 0.15) is 14.7 Å². The lowest BCUT2D eigenvalue weighted by Gasteiger charge is -2.28. The van der Waals surface area contributed by atoms with Gasteiger partial charge in [-0.25, -0.2) is 9.78 Å². The Balaban J connectivity index is 0.000000287. The van der Waals surface area contributed by atoms with E-state index in [9.17, 15) is 14.4 Å². The van der Waals surface area contributed by atoms with Crippen molar-refractivity contribution in [2.24, 2.45) is 5.73 Å². The number of thiazole rings is 1. The fraction of sp³-hybridized carbons (Fsp3) is 0.400. The van der Waals surface area contributed by atoms with Gasteiger partial charge in [0.05, 0.1) is 35.8 Å². The van der Waals surface area contributed by atoms with E-state index in [4.69, 9.17) is 19.9 Å². The number of ether oxygens (including phenoxy) is 3. The van der Waals surface area contributed by atoms with Crippen LogP contribution >= 0.6 is 11.3 Å². The molecule has 1 unspecified atom stereocenters. The molecule has 166 valence electrons. The van der Waals surface area contributed by atoms with Crippen LogP contribution in [0.4, 0.5) is 16.2 Å². The Morgan fingerprint density at radius 2 is 2.16 bits per heavy atom. The lowest BCUT2D eigenvalue weighted by Crippen LogP contribution is -2.41. The molecule has 0 saturated carbocycles. The maximum atomic E-state index is 12.0. The molecule has 0 spiro atoms. The molecule has 2 fully saturated rings. The molecule has 2 aliphatic heterocycles. The molecular weight excluding hydrogens is 424 g/mol. The van der Waals surface area contributed by atoms with Crippen LogP contribution < -0.4 is 20.3 Å². The van der Waals surface area contributed by atoms with Gasteiger partial charge in [-0.2, -0.15) is 0 Å². The molecule has 10 nitrogen and oxygen atoms in total. The molecule has 1 aromatic carbocycles. The van der Waals surface area contributed by atoms with Crippen molar-refractivity contribution < 1.29 is 28.6 Å². The molecule has 0 radical (unpaired) electrons. The Kier molecular flexibility index (Phi) is 7.55. The van der Waals surface area contributed by atoms with Gasteiger partial charge in [0.25, 0.3) is 5.91 Å². The van der Waals surface area contributed by atoms with E-state index in [1.54, 1.807) is 29.3 Å². The van der Waals surface area contributed by atoms with E-state index < -0.39 is 6.09 Å². The normalized spacial score (nSPS) is 18.4. The number of anilines is 2. The summed E-state index contributed by atoms with van der Waals surface area (Å²) in [6.07, 6.45) is 1.61. The Labute approximate surface area is 183 Å². The number of aldehydes is 1. The third kappa shape index (κ3) is 5.37. The van der Waals surface area contributed by atoms with Crippen molar-refractivity contribution in [3.63, 3.8) is 0 Å². The van der Waals surface area contributed by atoms with Gasteiger partial charge in [-0.05, 0) is 19.1 Å². The van der Waals surface area contributed by atoms with Crippen LogP contribution in [0.25, 0.3) is 0 Å². The number of carbonyl (C=O) groups excluding carboxylic acids is 3. The number of methoxy groups -OCH3 is 1. The molecule has 3 heterocycles. The SMILES string of the molecule is COc1cc(N2CCOCC2=O)ccc1N1CC(CN)OC1=O.Cc1ncc(C=O)s1. The number of carbonyl (C=O) groups is 3. The highest BCUT2D eigenvalue weighted by Crippen LogP contribution is 2.35. The summed E-state index contributed by atoms with van der Waals surface area (Å²) in [6.45, 7) is 3.57. The zero-order chi connectivity index (χ0) is 22.4. The van der Waals surface area contributed by atoms with Crippen LogP contribution in [0, 0.1) is 6.92 Å². The van der Waals surface area contributed by atoms with Crippen molar-refractivity contribution in [2.75, 3.05) is 49.8 Å². The Morgan fingerprint density at radius 1 is 1.35 bits per heavy atom. The number of rotatable bonds is 5. The van der Waals surface area contributed by atoms with Crippen LogP contribution in [0.3, 0.4) is 0 Å². The summed E-state index contributed by atoms with van der Waals surface area (Å²) in [6, 6.07) is 5.27. The smallest absolute Gasteiger partial charge is 0.414 e. The fourth-order valence-electron chi connectivity index (χ4n) is 3.12. The van der Waals surface area contributed by atoms with Gasteiger partial charge >= 0.3 is 6.09 Å². The van der Waals surface area contributed by atoms with Crippen molar-refractivity contribution >= 4 is 41.0 Å². The van der Waals surface area contributed by atoms with Crippen LogP contribution in [0.15, 0.2) is 24.4 Å². The van der Waals surface area contributed by atoms with Crippen molar-refractivity contribution in [1.82, 2.24) is 4.98 Å². The molecule has 2 saturated heterocycles. The highest BCUT2D eigenvalue weighted by atomic mass is 32.1. The monoisotopic (exact) mass is 448 g/mol. The second-order valence-corrected chi connectivity index (χ2v) is 7.97. The summed E-state index contributed by atoms with van der Waals surface area (Å²) in [5, 5.41) is 0.937. The fourth-order valence-corrected chi connectivity index (χ4v) is 3.72. The van der Waals surface area contributed by atoms with E-state index in [2.05, 4.69) is 4.98 Å². The molecule has 1 aromatic heterocycles. The number of cyclic esters (lactones) is 1. The average molecular weight is 449 g/mol. The van der Waals surface area contributed by atoms with Gasteiger partial charge in [-0.3, -0.25) is 14.5 Å². The predicted molar refractivity (Wildman–Crippen MR) is 115 cm³/mol. The molecule has 2 aliphatic rings. The first-order chi connectivity index (χ1) is 15.0. The van der Waals surface area contributed by atoms with Crippen molar-refractivity contribution in [3.8, 4) is 5.75 Å². The van der Waals surface area contributed by atoms with E-state index in [-0.39, 0.29) is 25.2 Å². The standard InChI is InChI=1S/C15H19N3O5.C5H5NOS/c1-21-13-6-10(17-4-5-22-9-14(17)19)2-3-12(13)18-8-11(7-16)23-15(18)20;1-4-6-2-5(3-7)8-4/h2-3,6,11H,4-5,7-9,16H2,1H3;2-3H,1H3. The van der Waals surface area contributed by atoms with E-state index in [0.29, 0.717) is 41.7 Å². The first-order valence-electron chi connectivity index (χ1n) is 9.58. The zero-order valence-corrected chi connectivity index (χ0v) is 18.1. The van der Waals surface area contributed by atoms with Crippen molar-refractivity contribution in [2.45, 2.75) is 13.0 Å². The second-order valence-electron chi connectivity index (χ2n) is 6.71. The number of nitrogens with zero attached hydrogens (tertiary/aromatic N) is 3. The summed E-state index contributed by atoms with van der Waals surface area (Å²) < 4.78 is 15.7. The maximum absolute atomic E-state index is 12.0. The number of hydrogen-bond donors (Lipinski definition) is 1. The number of aromatic nitrogens is 1. The summed E-state index contributed by atoms with van der Waals surface area (Å²) in [7, 11) is 1.52. The molecule has 31 heavy (non-hydrogen) atoms. The van der Waals surface area contributed by atoms with Gasteiger partial charge in [-0.15, -0.1) is 11.3 Å². The van der Waals surface area contributed by atoms with Gasteiger partial charge in [0.2, 0.25) is 0 Å². The van der Waals surface area contributed by atoms with Gasteiger partial charge < -0.3 is 24.8 Å². The molecule has 2 amide bonds. The third-order valence-electron chi connectivity index (χ3n) is 4.64. The van der Waals surface area contributed by atoms with Crippen molar-refractivity contribution in [3.05, 3.63) is 34.3 Å². The molecular formula is C20H24N4O6S. The summed E-state index contributed by atoms with van der Waals surface area (Å²) in [5.74, 6) is 0.395. The van der Waals surface area contributed by atoms with E-state index in [1.807, 2.05) is 6.92 Å². The molecule has 2 aromatic rings. The highest BCUT2D eigenvalue weighted by molar-refractivity contribution is 7.13. The average Bonchev–Trinajstić information content (AvgIpc) is 3.39. The molecule has 1 atom stereocenters. The first kappa shape index (κ1) is 22.7. The largest absolute Gasteiger partial charge is 0.494 e. The van der Waals surface area contributed by atoms with E-state index >= 15 is 0 Å². The first-order valence-corrected chi connectivity index (χ1v) is 10.4. The lowest BCUT2D eigenvalue weighted by atomic mass is 10.2. The minimum atomic E-state index is -0.450. The lowest BCUT2D eigenvalue weighted by molar-refractivity contribution is -0.125. The Hall–Kier alpha value is -3.02. The quantitative estimate of drug-likeness (QED) is 0.684. The van der Waals surface area contributed by atoms with Crippen LogP contribution in [0.5, 0.6) is 5.75 Å². The second kappa shape index (κ2) is 10.3. The summed E-state index contributed by atoms with van der Waals surface area (Å²) >= 11 is 1.41. The van der Waals surface area contributed by atoms with E-state index in [1.165, 1.54) is 23.3 Å². The number of hydrogen-bond acceptors (Lipinski definition) is 9. The van der Waals surface area contributed by atoms with E-state index in [0.717, 1.165) is 11.3 Å². The number of aryl methyl sites for hydroxylation is 1. The molecule has 4 rings (SSSR count).